The van der Waals surface area contributed by atoms with Crippen LogP contribution in [0.5, 0.6) is 5.75 Å². The van der Waals surface area contributed by atoms with E-state index in [2.05, 4.69) is 0 Å². The van der Waals surface area contributed by atoms with Gasteiger partial charge in [-0.05, 0) is 44.5 Å². The van der Waals surface area contributed by atoms with Crippen LogP contribution in [0.4, 0.5) is 0 Å². The zero-order chi connectivity index (χ0) is 16.4. The van der Waals surface area contributed by atoms with E-state index in [0.29, 0.717) is 19.8 Å². The summed E-state index contributed by atoms with van der Waals surface area (Å²) in [6, 6.07) is 7.27. The fourth-order valence-electron chi connectivity index (χ4n) is 1.85. The summed E-state index contributed by atoms with van der Waals surface area (Å²) in [5.41, 5.74) is 0.726. The van der Waals surface area contributed by atoms with Crippen LogP contribution in [0.25, 0.3) is 0 Å². The lowest BCUT2D eigenvalue weighted by Crippen LogP contribution is -2.10. The molecule has 0 aliphatic carbocycles. The van der Waals surface area contributed by atoms with Gasteiger partial charge < -0.3 is 14.2 Å². The van der Waals surface area contributed by atoms with Crippen molar-refractivity contribution < 1.29 is 19.0 Å². The summed E-state index contributed by atoms with van der Waals surface area (Å²) in [5.74, 6) is 0.922. The van der Waals surface area contributed by atoms with E-state index >= 15 is 0 Å². The molecule has 0 fully saturated rings. The molecule has 0 unspecified atom stereocenters. The summed E-state index contributed by atoms with van der Waals surface area (Å²) in [5, 5.41) is 0. The molecule has 0 aliphatic rings. The molecule has 1 aromatic rings. The van der Waals surface area contributed by atoms with Crippen molar-refractivity contribution in [1.29, 1.82) is 0 Å². The van der Waals surface area contributed by atoms with Crippen LogP contribution in [0.1, 0.15) is 44.5 Å². The maximum atomic E-state index is 11.8. The highest BCUT2D eigenvalue weighted by Gasteiger charge is 2.09. The van der Waals surface area contributed by atoms with Crippen molar-refractivity contribution >= 4 is 5.78 Å². The van der Waals surface area contributed by atoms with E-state index in [-0.39, 0.29) is 17.8 Å². The third kappa shape index (κ3) is 7.57. The standard InChI is InChI=1S/C18H28O4/c1-14(2)18(19)16-6-8-17(9-7-16)22-13-12-20-10-5-11-21-15(3)4/h6-9,14-15H,5,10-13H2,1-4H3. The maximum Gasteiger partial charge on any atom is 0.165 e. The first-order valence-corrected chi connectivity index (χ1v) is 7.97. The summed E-state index contributed by atoms with van der Waals surface area (Å²) in [4.78, 5) is 11.8. The molecule has 4 nitrogen and oxygen atoms in total. The first-order chi connectivity index (χ1) is 10.5. The predicted octanol–water partition coefficient (Wildman–Crippen LogP) is 3.74. The highest BCUT2D eigenvalue weighted by atomic mass is 16.5. The molecule has 0 amide bonds. The summed E-state index contributed by atoms with van der Waals surface area (Å²) < 4.78 is 16.5. The van der Waals surface area contributed by atoms with E-state index in [4.69, 9.17) is 14.2 Å². The summed E-state index contributed by atoms with van der Waals surface area (Å²) in [6.45, 7) is 10.3. The molecule has 0 bridgehead atoms. The van der Waals surface area contributed by atoms with E-state index in [9.17, 15) is 4.79 Å². The highest BCUT2D eigenvalue weighted by molar-refractivity contribution is 5.97. The number of rotatable bonds is 11. The molecule has 0 atom stereocenters. The molecule has 1 aromatic carbocycles. The first-order valence-electron chi connectivity index (χ1n) is 7.97. The van der Waals surface area contributed by atoms with Crippen LogP contribution < -0.4 is 4.74 Å². The number of carbonyl (C=O) groups is 1. The molecule has 124 valence electrons. The number of ether oxygens (including phenoxy) is 3. The van der Waals surface area contributed by atoms with Crippen molar-refractivity contribution in [3.05, 3.63) is 29.8 Å². The first kappa shape index (κ1) is 18.7. The molecule has 0 N–H and O–H groups in total. The number of hydrogen-bond donors (Lipinski definition) is 0. The van der Waals surface area contributed by atoms with Gasteiger partial charge in [0, 0.05) is 24.7 Å². The van der Waals surface area contributed by atoms with E-state index in [1.165, 1.54) is 0 Å². The normalized spacial score (nSPS) is 11.2. The van der Waals surface area contributed by atoms with Gasteiger partial charge in [-0.2, -0.15) is 0 Å². The average Bonchev–Trinajstić information content (AvgIpc) is 2.49. The van der Waals surface area contributed by atoms with Gasteiger partial charge in [-0.1, -0.05) is 13.8 Å². The van der Waals surface area contributed by atoms with Crippen LogP contribution in [0.2, 0.25) is 0 Å². The number of Topliss-reactive ketones (excluding diaryl/α,β-unsaturated/α-hetero) is 1. The molecule has 0 saturated heterocycles. The van der Waals surface area contributed by atoms with Crippen molar-refractivity contribution in [3.8, 4) is 5.75 Å². The Bertz CT molecular complexity index is 423. The van der Waals surface area contributed by atoms with Crippen LogP contribution in [-0.4, -0.2) is 38.3 Å². The second-order valence-corrected chi connectivity index (χ2v) is 5.78. The summed E-state index contributed by atoms with van der Waals surface area (Å²) in [7, 11) is 0. The highest BCUT2D eigenvalue weighted by Crippen LogP contribution is 2.15. The Balaban J connectivity index is 2.14. The van der Waals surface area contributed by atoms with Crippen LogP contribution >= 0.6 is 0 Å². The van der Waals surface area contributed by atoms with Gasteiger partial charge >= 0.3 is 0 Å². The monoisotopic (exact) mass is 308 g/mol. The molecule has 4 heteroatoms. The van der Waals surface area contributed by atoms with Crippen molar-refractivity contribution in [3.63, 3.8) is 0 Å². The van der Waals surface area contributed by atoms with Crippen LogP contribution in [0.15, 0.2) is 24.3 Å². The van der Waals surface area contributed by atoms with E-state index in [1.807, 2.05) is 52.0 Å². The van der Waals surface area contributed by atoms with Crippen molar-refractivity contribution in [2.24, 2.45) is 5.92 Å². The lowest BCUT2D eigenvalue weighted by atomic mass is 10.0. The zero-order valence-corrected chi connectivity index (χ0v) is 14.1. The quantitative estimate of drug-likeness (QED) is 0.461. The predicted molar refractivity (Wildman–Crippen MR) is 87.6 cm³/mol. The summed E-state index contributed by atoms with van der Waals surface area (Å²) >= 11 is 0. The Morgan fingerprint density at radius 2 is 1.64 bits per heavy atom. The molecule has 0 saturated carbocycles. The third-order valence-electron chi connectivity index (χ3n) is 3.04. The lowest BCUT2D eigenvalue weighted by molar-refractivity contribution is 0.0447. The van der Waals surface area contributed by atoms with Gasteiger partial charge in [-0.3, -0.25) is 4.79 Å². The number of hydrogen-bond acceptors (Lipinski definition) is 4. The molecule has 22 heavy (non-hydrogen) atoms. The Labute approximate surface area is 133 Å². The van der Waals surface area contributed by atoms with Gasteiger partial charge in [0.05, 0.1) is 12.7 Å². The smallest absolute Gasteiger partial charge is 0.165 e. The van der Waals surface area contributed by atoms with Crippen LogP contribution in [-0.2, 0) is 9.47 Å². The third-order valence-corrected chi connectivity index (χ3v) is 3.04. The molecule has 1 rings (SSSR count). The van der Waals surface area contributed by atoms with Gasteiger partial charge in [0.15, 0.2) is 5.78 Å². The van der Waals surface area contributed by atoms with E-state index in [0.717, 1.165) is 24.3 Å². The molecule has 0 radical (unpaired) electrons. The van der Waals surface area contributed by atoms with Gasteiger partial charge in [-0.15, -0.1) is 0 Å². The van der Waals surface area contributed by atoms with E-state index < -0.39 is 0 Å². The minimum Gasteiger partial charge on any atom is -0.491 e. The molecule has 0 aliphatic heterocycles. The van der Waals surface area contributed by atoms with Gasteiger partial charge in [0.25, 0.3) is 0 Å². The van der Waals surface area contributed by atoms with Gasteiger partial charge in [0.2, 0.25) is 0 Å². The number of ketones is 1. The Morgan fingerprint density at radius 3 is 2.23 bits per heavy atom. The second-order valence-electron chi connectivity index (χ2n) is 5.78. The number of carbonyl (C=O) groups excluding carboxylic acids is 1. The Kier molecular flexibility index (Phi) is 8.78. The molecular weight excluding hydrogens is 280 g/mol. The molecule has 0 heterocycles. The van der Waals surface area contributed by atoms with Gasteiger partial charge in [0.1, 0.15) is 12.4 Å². The fourth-order valence-corrected chi connectivity index (χ4v) is 1.85. The SMILES string of the molecule is CC(C)OCCCOCCOc1ccc(C(=O)C(C)C)cc1. The second kappa shape index (κ2) is 10.4. The lowest BCUT2D eigenvalue weighted by Gasteiger charge is -2.09. The number of benzene rings is 1. The largest absolute Gasteiger partial charge is 0.491 e. The fraction of sp³-hybridized carbons (Fsp3) is 0.611. The average molecular weight is 308 g/mol. The minimum atomic E-state index is 0.0137. The van der Waals surface area contributed by atoms with Crippen molar-refractivity contribution in [1.82, 2.24) is 0 Å². The van der Waals surface area contributed by atoms with E-state index in [1.54, 1.807) is 0 Å². The molecule has 0 spiro atoms. The topological polar surface area (TPSA) is 44.8 Å². The van der Waals surface area contributed by atoms with Crippen LogP contribution in [0, 0.1) is 5.92 Å². The van der Waals surface area contributed by atoms with Gasteiger partial charge in [-0.25, -0.2) is 0 Å². The van der Waals surface area contributed by atoms with Crippen molar-refractivity contribution in [2.75, 3.05) is 26.4 Å². The van der Waals surface area contributed by atoms with Crippen molar-refractivity contribution in [2.45, 2.75) is 40.2 Å². The Morgan fingerprint density at radius 1 is 0.955 bits per heavy atom. The van der Waals surface area contributed by atoms with Crippen LogP contribution in [0.3, 0.4) is 0 Å². The molecular formula is C18H28O4. The summed E-state index contributed by atoms with van der Waals surface area (Å²) in [6.07, 6.45) is 1.17. The Hall–Kier alpha value is -1.39. The molecule has 0 aromatic heterocycles. The minimum absolute atomic E-state index is 0.0137. The zero-order valence-electron chi connectivity index (χ0n) is 14.1. The maximum absolute atomic E-state index is 11.8.